The molecule has 0 radical (unpaired) electrons. The van der Waals surface area contributed by atoms with Gasteiger partial charge in [0.05, 0.1) is 6.61 Å². The zero-order valence-corrected chi connectivity index (χ0v) is 11.3. The van der Waals surface area contributed by atoms with E-state index >= 15 is 0 Å². The van der Waals surface area contributed by atoms with Crippen molar-refractivity contribution in [1.82, 2.24) is 5.32 Å². The number of rotatable bonds is 0. The third-order valence-electron chi connectivity index (χ3n) is 4.54. The van der Waals surface area contributed by atoms with Crippen molar-refractivity contribution >= 4 is 0 Å². The van der Waals surface area contributed by atoms with Crippen LogP contribution in [0.4, 0.5) is 0 Å². The average Bonchev–Trinajstić information content (AvgIpc) is 2.22. The summed E-state index contributed by atoms with van der Waals surface area (Å²) in [5.74, 6) is 1.54. The van der Waals surface area contributed by atoms with Gasteiger partial charge in [0.2, 0.25) is 0 Å². The molecular formula is C14H27NO. The minimum atomic E-state index is 0.0360. The van der Waals surface area contributed by atoms with Gasteiger partial charge in [0.1, 0.15) is 5.72 Å². The van der Waals surface area contributed by atoms with E-state index in [0.29, 0.717) is 11.3 Å². The van der Waals surface area contributed by atoms with Crippen LogP contribution < -0.4 is 5.32 Å². The molecule has 0 aromatic carbocycles. The molecule has 94 valence electrons. The van der Waals surface area contributed by atoms with Crippen LogP contribution in [0, 0.1) is 17.3 Å². The van der Waals surface area contributed by atoms with E-state index in [4.69, 9.17) is 4.74 Å². The molecule has 2 aliphatic rings. The summed E-state index contributed by atoms with van der Waals surface area (Å²) in [4.78, 5) is 0. The normalized spacial score (nSPS) is 41.2. The Labute approximate surface area is 100 Å². The van der Waals surface area contributed by atoms with Gasteiger partial charge in [0.15, 0.2) is 0 Å². The third kappa shape index (κ3) is 2.60. The van der Waals surface area contributed by atoms with Crippen LogP contribution in [0.25, 0.3) is 0 Å². The van der Waals surface area contributed by atoms with E-state index in [0.717, 1.165) is 19.1 Å². The fourth-order valence-corrected chi connectivity index (χ4v) is 2.79. The van der Waals surface area contributed by atoms with Gasteiger partial charge >= 0.3 is 0 Å². The van der Waals surface area contributed by atoms with E-state index < -0.39 is 0 Å². The molecule has 1 unspecified atom stereocenters. The molecule has 1 aliphatic carbocycles. The van der Waals surface area contributed by atoms with E-state index in [1.165, 1.54) is 25.7 Å². The molecule has 1 aliphatic heterocycles. The highest BCUT2D eigenvalue weighted by atomic mass is 16.5. The van der Waals surface area contributed by atoms with Crippen molar-refractivity contribution in [2.24, 2.45) is 17.3 Å². The lowest BCUT2D eigenvalue weighted by Gasteiger charge is -2.47. The van der Waals surface area contributed by atoms with E-state index in [1.807, 2.05) is 0 Å². The van der Waals surface area contributed by atoms with Crippen LogP contribution in [0.15, 0.2) is 0 Å². The molecule has 0 aromatic rings. The first-order chi connectivity index (χ1) is 7.41. The zero-order chi connectivity index (χ0) is 11.8. The lowest BCUT2D eigenvalue weighted by Crippen LogP contribution is -2.58. The Morgan fingerprint density at radius 3 is 2.25 bits per heavy atom. The van der Waals surface area contributed by atoms with Crippen LogP contribution in [0.5, 0.6) is 0 Å². The van der Waals surface area contributed by atoms with Crippen LogP contribution in [0.2, 0.25) is 0 Å². The summed E-state index contributed by atoms with van der Waals surface area (Å²) < 4.78 is 6.18. The summed E-state index contributed by atoms with van der Waals surface area (Å²) in [5, 5.41) is 3.69. The maximum atomic E-state index is 6.18. The summed E-state index contributed by atoms with van der Waals surface area (Å²) >= 11 is 0. The van der Waals surface area contributed by atoms with Crippen molar-refractivity contribution in [2.75, 3.05) is 13.2 Å². The molecule has 1 saturated carbocycles. The molecule has 2 fully saturated rings. The Kier molecular flexibility index (Phi) is 3.33. The van der Waals surface area contributed by atoms with E-state index in [1.54, 1.807) is 0 Å². The molecule has 1 atom stereocenters. The Hall–Kier alpha value is -0.0800. The van der Waals surface area contributed by atoms with Crippen LogP contribution in [-0.2, 0) is 4.74 Å². The number of hydrogen-bond acceptors (Lipinski definition) is 2. The molecule has 1 spiro atoms. The second-order valence-electron chi connectivity index (χ2n) is 6.93. The van der Waals surface area contributed by atoms with Gasteiger partial charge in [-0.15, -0.1) is 0 Å². The molecular weight excluding hydrogens is 198 g/mol. The Bertz CT molecular complexity index is 226. The van der Waals surface area contributed by atoms with Crippen molar-refractivity contribution in [3.05, 3.63) is 0 Å². The second-order valence-corrected chi connectivity index (χ2v) is 6.93. The van der Waals surface area contributed by atoms with Gasteiger partial charge in [-0.1, -0.05) is 27.7 Å². The number of nitrogens with one attached hydrogen (secondary N) is 1. The molecule has 2 heteroatoms. The van der Waals surface area contributed by atoms with Crippen LogP contribution in [-0.4, -0.2) is 18.9 Å². The predicted octanol–water partition coefficient (Wildman–Crippen LogP) is 3.17. The maximum Gasteiger partial charge on any atom is 0.119 e. The highest BCUT2D eigenvalue weighted by Gasteiger charge is 2.40. The first-order valence-corrected chi connectivity index (χ1v) is 6.80. The molecule has 2 rings (SSSR count). The molecule has 1 N–H and O–H groups in total. The van der Waals surface area contributed by atoms with Gasteiger partial charge < -0.3 is 4.74 Å². The van der Waals surface area contributed by atoms with Gasteiger partial charge in [-0.2, -0.15) is 0 Å². The topological polar surface area (TPSA) is 21.3 Å². The molecule has 0 amide bonds. The van der Waals surface area contributed by atoms with Crippen molar-refractivity contribution in [3.8, 4) is 0 Å². The van der Waals surface area contributed by atoms with Gasteiger partial charge in [-0.3, -0.25) is 5.32 Å². The fraction of sp³-hybridized carbons (Fsp3) is 1.00. The van der Waals surface area contributed by atoms with Crippen molar-refractivity contribution in [2.45, 2.75) is 59.1 Å². The lowest BCUT2D eigenvalue weighted by atomic mass is 9.78. The molecule has 2 nitrogen and oxygen atoms in total. The Morgan fingerprint density at radius 2 is 1.81 bits per heavy atom. The Balaban J connectivity index is 1.89. The predicted molar refractivity (Wildman–Crippen MR) is 67.3 cm³/mol. The quantitative estimate of drug-likeness (QED) is 0.683. The molecule has 0 bridgehead atoms. The highest BCUT2D eigenvalue weighted by molar-refractivity contribution is 4.90. The first kappa shape index (κ1) is 12.4. The molecule has 1 saturated heterocycles. The van der Waals surface area contributed by atoms with E-state index in [-0.39, 0.29) is 5.72 Å². The molecule has 16 heavy (non-hydrogen) atoms. The largest absolute Gasteiger partial charge is 0.360 e. The maximum absolute atomic E-state index is 6.18. The average molecular weight is 225 g/mol. The smallest absolute Gasteiger partial charge is 0.119 e. The van der Waals surface area contributed by atoms with Gasteiger partial charge in [0, 0.05) is 6.54 Å². The van der Waals surface area contributed by atoms with E-state index in [2.05, 4.69) is 33.0 Å². The zero-order valence-electron chi connectivity index (χ0n) is 11.3. The standard InChI is InChI=1S/C14H27NO/c1-11-5-7-14(8-6-11)15-9-12(10-16-14)13(2,3)4/h11-12,15H,5-10H2,1-4H3. The summed E-state index contributed by atoms with van der Waals surface area (Å²) in [6, 6.07) is 0. The van der Waals surface area contributed by atoms with E-state index in [9.17, 15) is 0 Å². The first-order valence-electron chi connectivity index (χ1n) is 6.80. The fourth-order valence-electron chi connectivity index (χ4n) is 2.79. The summed E-state index contributed by atoms with van der Waals surface area (Å²) in [7, 11) is 0. The lowest BCUT2D eigenvalue weighted by molar-refractivity contribution is -0.153. The SMILES string of the molecule is CC1CCC2(CC1)NCC(C(C)(C)C)CO2. The van der Waals surface area contributed by atoms with Gasteiger partial charge in [-0.25, -0.2) is 0 Å². The third-order valence-corrected chi connectivity index (χ3v) is 4.54. The molecule has 0 aromatic heterocycles. The minimum Gasteiger partial charge on any atom is -0.360 e. The second kappa shape index (κ2) is 4.30. The van der Waals surface area contributed by atoms with Crippen molar-refractivity contribution in [1.29, 1.82) is 0 Å². The summed E-state index contributed by atoms with van der Waals surface area (Å²) in [6.07, 6.45) is 5.02. The highest BCUT2D eigenvalue weighted by Crippen LogP contribution is 2.37. The summed E-state index contributed by atoms with van der Waals surface area (Å²) in [6.45, 7) is 11.3. The Morgan fingerprint density at radius 1 is 1.19 bits per heavy atom. The van der Waals surface area contributed by atoms with Crippen LogP contribution >= 0.6 is 0 Å². The van der Waals surface area contributed by atoms with Crippen LogP contribution in [0.1, 0.15) is 53.4 Å². The van der Waals surface area contributed by atoms with Crippen LogP contribution in [0.3, 0.4) is 0 Å². The van der Waals surface area contributed by atoms with Gasteiger partial charge in [-0.05, 0) is 42.9 Å². The van der Waals surface area contributed by atoms with Gasteiger partial charge in [0.25, 0.3) is 0 Å². The summed E-state index contributed by atoms with van der Waals surface area (Å²) in [5.41, 5.74) is 0.394. The minimum absolute atomic E-state index is 0.0360. The van der Waals surface area contributed by atoms with Crippen molar-refractivity contribution < 1.29 is 4.74 Å². The molecule has 1 heterocycles. The van der Waals surface area contributed by atoms with Crippen molar-refractivity contribution in [3.63, 3.8) is 0 Å². The monoisotopic (exact) mass is 225 g/mol. The number of ether oxygens (including phenoxy) is 1. The number of hydrogen-bond donors (Lipinski definition) is 1.